The molecule has 1 unspecified atom stereocenters. The number of hydrogen-bond donors (Lipinski definition) is 5. The molecule has 1 fully saturated rings. The lowest BCUT2D eigenvalue weighted by Crippen LogP contribution is -2.51. The first-order chi connectivity index (χ1) is 9.10. The molecule has 1 aromatic heterocycles. The summed E-state index contributed by atoms with van der Waals surface area (Å²) >= 11 is 0. The van der Waals surface area contributed by atoms with Gasteiger partial charge in [0.15, 0.2) is 12.0 Å². The molecule has 0 spiro atoms. The minimum absolute atomic E-state index is 0.229. The van der Waals surface area contributed by atoms with Gasteiger partial charge < -0.3 is 25.6 Å². The molecule has 9 nitrogen and oxygen atoms in total. The number of nitrogens with two attached hydrogens (primary N) is 1. The zero-order chi connectivity index (χ0) is 13.6. The minimum atomic E-state index is -0.751. The van der Waals surface area contributed by atoms with Crippen LogP contribution in [-0.2, 0) is 4.74 Å². The minimum Gasteiger partial charge on any atom is -0.394 e. The Balaban J connectivity index is 1.89. The summed E-state index contributed by atoms with van der Waals surface area (Å²) in [7, 11) is 0. The number of anilines is 1. The fourth-order valence-electron chi connectivity index (χ4n) is 2.33. The van der Waals surface area contributed by atoms with Gasteiger partial charge in [0.1, 0.15) is 18.1 Å². The first-order valence-corrected chi connectivity index (χ1v) is 5.94. The lowest BCUT2D eigenvalue weighted by atomic mass is 10.2. The largest absolute Gasteiger partial charge is 0.394 e. The summed E-state index contributed by atoms with van der Waals surface area (Å²) in [4.78, 5) is 15.7. The molecule has 1 amide bonds. The van der Waals surface area contributed by atoms with E-state index in [0.717, 1.165) is 0 Å². The van der Waals surface area contributed by atoms with E-state index in [-0.39, 0.29) is 18.2 Å². The summed E-state index contributed by atoms with van der Waals surface area (Å²) in [6.45, 7) is -0.262. The molecule has 1 saturated heterocycles. The molecule has 2 aliphatic rings. The number of carbonyl (C=O) groups is 1. The molecule has 3 heterocycles. The summed E-state index contributed by atoms with van der Waals surface area (Å²) in [6.07, 6.45) is -0.809. The zero-order valence-electron chi connectivity index (χ0n) is 9.98. The van der Waals surface area contributed by atoms with E-state index in [4.69, 9.17) is 15.6 Å². The van der Waals surface area contributed by atoms with Crippen LogP contribution < -0.4 is 16.4 Å². The van der Waals surface area contributed by atoms with Gasteiger partial charge in [-0.1, -0.05) is 0 Å². The van der Waals surface area contributed by atoms with Crippen LogP contribution in [0.25, 0.3) is 0 Å². The Labute approximate surface area is 108 Å². The van der Waals surface area contributed by atoms with Gasteiger partial charge in [-0.3, -0.25) is 15.1 Å². The molecule has 0 bridgehead atoms. The molecular formula is C10H15N5O4. The standard InChI is InChI=1S/C10H15N5O4/c11-10-13-8-7(9(18)14-10)12-3-15(8)6-1-4(17)5(2-16)19-6/h3-6,10,13,16-17H,1-2,11H2,(H,14,18)/t4-,5-,6-,10?/m1/s1. The number of carbonyl (C=O) groups excluding carboxylic acids is 1. The van der Waals surface area contributed by atoms with Gasteiger partial charge in [0, 0.05) is 6.42 Å². The Morgan fingerprint density at radius 3 is 3.05 bits per heavy atom. The van der Waals surface area contributed by atoms with Crippen LogP contribution in [0.15, 0.2) is 6.33 Å². The maximum Gasteiger partial charge on any atom is 0.276 e. The van der Waals surface area contributed by atoms with E-state index in [1.807, 2.05) is 0 Å². The van der Waals surface area contributed by atoms with Crippen LogP contribution in [0.4, 0.5) is 5.82 Å². The number of nitrogens with zero attached hydrogens (tertiary/aromatic N) is 2. The number of amides is 1. The Morgan fingerprint density at radius 1 is 1.58 bits per heavy atom. The topological polar surface area (TPSA) is 135 Å². The number of aliphatic hydroxyl groups is 2. The first-order valence-electron chi connectivity index (χ1n) is 5.94. The van der Waals surface area contributed by atoms with Crippen LogP contribution in [0, 0.1) is 0 Å². The molecule has 19 heavy (non-hydrogen) atoms. The summed E-state index contributed by atoms with van der Waals surface area (Å²) < 4.78 is 7.12. The second kappa shape index (κ2) is 4.46. The molecule has 0 radical (unpaired) electrons. The number of ether oxygens (including phenoxy) is 1. The molecule has 9 heteroatoms. The number of fused-ring (bicyclic) bond motifs is 1. The number of hydrogen-bond acceptors (Lipinski definition) is 7. The van der Waals surface area contributed by atoms with Crippen molar-refractivity contribution in [3.05, 3.63) is 12.0 Å². The smallest absolute Gasteiger partial charge is 0.276 e. The molecule has 1 aromatic rings. The molecule has 2 aliphatic heterocycles. The summed E-state index contributed by atoms with van der Waals surface area (Å²) in [5.74, 6) is 0.0873. The Hall–Kier alpha value is -1.68. The SMILES string of the molecule is NC1NC(=O)c2ncn([C@H]3C[C@@H](O)[C@@H](CO)O3)c2N1. The number of aromatic nitrogens is 2. The van der Waals surface area contributed by atoms with E-state index in [1.54, 1.807) is 4.57 Å². The zero-order valence-corrected chi connectivity index (χ0v) is 9.98. The highest BCUT2D eigenvalue weighted by Gasteiger charge is 2.37. The fourth-order valence-corrected chi connectivity index (χ4v) is 2.33. The summed E-state index contributed by atoms with van der Waals surface area (Å²) in [6, 6.07) is 0. The van der Waals surface area contributed by atoms with Crippen molar-refractivity contribution in [2.75, 3.05) is 11.9 Å². The highest BCUT2D eigenvalue weighted by molar-refractivity contribution is 5.98. The lowest BCUT2D eigenvalue weighted by molar-refractivity contribution is -0.0438. The van der Waals surface area contributed by atoms with Gasteiger partial charge in [0.25, 0.3) is 5.91 Å². The third-order valence-electron chi connectivity index (χ3n) is 3.28. The third-order valence-corrected chi connectivity index (χ3v) is 3.28. The van der Waals surface area contributed by atoms with Gasteiger partial charge >= 0.3 is 0 Å². The molecule has 6 N–H and O–H groups in total. The second-order valence-corrected chi connectivity index (χ2v) is 4.56. The van der Waals surface area contributed by atoms with Gasteiger partial charge in [-0.15, -0.1) is 0 Å². The van der Waals surface area contributed by atoms with Crippen molar-refractivity contribution in [2.24, 2.45) is 5.73 Å². The van der Waals surface area contributed by atoms with E-state index in [9.17, 15) is 9.90 Å². The monoisotopic (exact) mass is 269 g/mol. The molecule has 0 aliphatic carbocycles. The van der Waals surface area contributed by atoms with E-state index in [1.165, 1.54) is 6.33 Å². The van der Waals surface area contributed by atoms with Crippen molar-refractivity contribution in [1.82, 2.24) is 14.9 Å². The van der Waals surface area contributed by atoms with Crippen molar-refractivity contribution < 1.29 is 19.7 Å². The quantitative estimate of drug-likeness (QED) is 0.416. The Morgan fingerprint density at radius 2 is 2.37 bits per heavy atom. The van der Waals surface area contributed by atoms with Gasteiger partial charge in [-0.05, 0) is 0 Å². The summed E-state index contributed by atoms with van der Waals surface area (Å²) in [5.41, 5.74) is 5.86. The maximum atomic E-state index is 11.7. The molecule has 0 saturated carbocycles. The summed E-state index contributed by atoms with van der Waals surface area (Å²) in [5, 5.41) is 24.2. The molecule has 0 aromatic carbocycles. The second-order valence-electron chi connectivity index (χ2n) is 4.56. The van der Waals surface area contributed by atoms with Crippen LogP contribution in [0.3, 0.4) is 0 Å². The van der Waals surface area contributed by atoms with E-state index in [2.05, 4.69) is 15.6 Å². The average molecular weight is 269 g/mol. The Kier molecular flexibility index (Phi) is 2.90. The van der Waals surface area contributed by atoms with E-state index < -0.39 is 24.7 Å². The number of rotatable bonds is 2. The average Bonchev–Trinajstić information content (AvgIpc) is 2.92. The van der Waals surface area contributed by atoms with Crippen molar-refractivity contribution in [3.63, 3.8) is 0 Å². The predicted molar refractivity (Wildman–Crippen MR) is 62.9 cm³/mol. The van der Waals surface area contributed by atoms with Gasteiger partial charge in [0.05, 0.1) is 19.0 Å². The van der Waals surface area contributed by atoms with Crippen molar-refractivity contribution in [3.8, 4) is 0 Å². The molecular weight excluding hydrogens is 254 g/mol. The maximum absolute atomic E-state index is 11.7. The van der Waals surface area contributed by atoms with Crippen molar-refractivity contribution >= 4 is 11.7 Å². The van der Waals surface area contributed by atoms with Crippen LogP contribution in [0.1, 0.15) is 23.1 Å². The third kappa shape index (κ3) is 1.96. The molecule has 3 rings (SSSR count). The van der Waals surface area contributed by atoms with Gasteiger partial charge in [0.2, 0.25) is 0 Å². The lowest BCUT2D eigenvalue weighted by Gasteiger charge is -2.24. The highest BCUT2D eigenvalue weighted by Crippen LogP contribution is 2.32. The Bertz CT molecular complexity index is 504. The normalized spacial score (nSPS) is 33.7. The van der Waals surface area contributed by atoms with Crippen molar-refractivity contribution in [1.29, 1.82) is 0 Å². The fraction of sp³-hybridized carbons (Fsp3) is 0.600. The first kappa shape index (κ1) is 12.4. The van der Waals surface area contributed by atoms with Crippen LogP contribution in [0.5, 0.6) is 0 Å². The van der Waals surface area contributed by atoms with Gasteiger partial charge in [-0.2, -0.15) is 0 Å². The number of imidazole rings is 1. The highest BCUT2D eigenvalue weighted by atomic mass is 16.5. The molecule has 104 valence electrons. The van der Waals surface area contributed by atoms with E-state index in [0.29, 0.717) is 12.2 Å². The van der Waals surface area contributed by atoms with Crippen LogP contribution >= 0.6 is 0 Å². The van der Waals surface area contributed by atoms with E-state index >= 15 is 0 Å². The number of aliphatic hydroxyl groups excluding tert-OH is 2. The van der Waals surface area contributed by atoms with Gasteiger partial charge in [-0.25, -0.2) is 4.98 Å². The number of nitrogens with one attached hydrogen (secondary N) is 2. The van der Waals surface area contributed by atoms with Crippen LogP contribution in [-0.4, -0.2) is 50.8 Å². The van der Waals surface area contributed by atoms with Crippen molar-refractivity contribution in [2.45, 2.75) is 31.1 Å². The predicted octanol–water partition coefficient (Wildman–Crippen LogP) is -2.08. The molecule has 4 atom stereocenters. The van der Waals surface area contributed by atoms with Crippen LogP contribution in [0.2, 0.25) is 0 Å².